The quantitative estimate of drug-likeness (QED) is 0.130. The molecule has 0 saturated carbocycles. The van der Waals surface area contributed by atoms with Gasteiger partial charge in [-0.1, -0.05) is 196 Å². The van der Waals surface area contributed by atoms with E-state index in [1.54, 1.807) is 0 Å². The lowest BCUT2D eigenvalue weighted by molar-refractivity contribution is 0.662. The topological polar surface area (TPSA) is 25.8 Å². The molecule has 0 aliphatic heterocycles. The zero-order valence-corrected chi connectivity index (χ0v) is 31.9. The Hall–Kier alpha value is -7.16. The SMILES string of the molecule is CC1(C)c2ccccc2-c2cccc(-c3ccc(-c4cc(-c5ccccc5-c5c6ccccc6cc6c5ccc5ccccc56)nc(-c5ccccc5)n4)cc3)c21. The van der Waals surface area contributed by atoms with Crippen LogP contribution in [0.25, 0.3) is 99.6 Å². The Balaban J connectivity index is 1.09. The fraction of sp³-hybridized carbons (Fsp3) is 0.0545. The molecule has 2 nitrogen and oxygen atoms in total. The van der Waals surface area contributed by atoms with Crippen molar-refractivity contribution in [2.75, 3.05) is 0 Å². The van der Waals surface area contributed by atoms with E-state index in [0.29, 0.717) is 5.82 Å². The van der Waals surface area contributed by atoms with Crippen molar-refractivity contribution in [2.24, 2.45) is 0 Å². The lowest BCUT2D eigenvalue weighted by Gasteiger charge is -2.24. The minimum absolute atomic E-state index is 0.0940. The number of aromatic nitrogens is 2. The monoisotopic (exact) mass is 726 g/mol. The molecule has 0 unspecified atom stereocenters. The minimum Gasteiger partial charge on any atom is -0.228 e. The van der Waals surface area contributed by atoms with E-state index in [4.69, 9.17) is 9.97 Å². The van der Waals surface area contributed by atoms with E-state index in [-0.39, 0.29) is 5.41 Å². The first-order valence-corrected chi connectivity index (χ1v) is 19.7. The molecule has 9 aromatic carbocycles. The average Bonchev–Trinajstić information content (AvgIpc) is 3.51. The summed E-state index contributed by atoms with van der Waals surface area (Å²) in [6, 6.07) is 70.1. The zero-order valence-electron chi connectivity index (χ0n) is 31.9. The summed E-state index contributed by atoms with van der Waals surface area (Å²) in [4.78, 5) is 10.6. The van der Waals surface area contributed by atoms with Crippen LogP contribution >= 0.6 is 0 Å². The van der Waals surface area contributed by atoms with Crippen LogP contribution in [0.4, 0.5) is 0 Å². The number of hydrogen-bond donors (Lipinski definition) is 0. The first-order valence-electron chi connectivity index (χ1n) is 19.7. The fourth-order valence-corrected chi connectivity index (χ4v) is 9.39. The van der Waals surface area contributed by atoms with Crippen LogP contribution in [0.2, 0.25) is 0 Å². The second-order valence-electron chi connectivity index (χ2n) is 15.7. The minimum atomic E-state index is -0.0940. The third kappa shape index (κ3) is 5.33. The number of rotatable bonds is 5. The van der Waals surface area contributed by atoms with E-state index in [0.717, 1.165) is 33.6 Å². The van der Waals surface area contributed by atoms with Gasteiger partial charge in [-0.05, 0) is 89.0 Å². The van der Waals surface area contributed by atoms with E-state index < -0.39 is 0 Å². The van der Waals surface area contributed by atoms with Crippen LogP contribution in [0.15, 0.2) is 194 Å². The number of fused-ring (bicyclic) bond motifs is 7. The molecular formula is C55H38N2. The summed E-state index contributed by atoms with van der Waals surface area (Å²) < 4.78 is 0. The van der Waals surface area contributed by atoms with Crippen molar-refractivity contribution < 1.29 is 0 Å². The molecule has 0 N–H and O–H groups in total. The number of nitrogens with zero attached hydrogens (tertiary/aromatic N) is 2. The second kappa shape index (κ2) is 13.0. The van der Waals surface area contributed by atoms with Gasteiger partial charge in [0.1, 0.15) is 0 Å². The zero-order chi connectivity index (χ0) is 38.1. The van der Waals surface area contributed by atoms with Crippen LogP contribution in [0.5, 0.6) is 0 Å². The maximum atomic E-state index is 5.32. The molecule has 0 bridgehead atoms. The Labute approximate surface area is 332 Å². The van der Waals surface area contributed by atoms with Gasteiger partial charge in [-0.25, -0.2) is 9.97 Å². The van der Waals surface area contributed by atoms with Crippen molar-refractivity contribution in [3.63, 3.8) is 0 Å². The predicted octanol–water partition coefficient (Wildman–Crippen LogP) is 14.6. The highest BCUT2D eigenvalue weighted by molar-refractivity contribution is 6.21. The van der Waals surface area contributed by atoms with E-state index in [1.807, 2.05) is 6.07 Å². The smallest absolute Gasteiger partial charge is 0.160 e. The number of benzene rings is 9. The van der Waals surface area contributed by atoms with Crippen molar-refractivity contribution in [2.45, 2.75) is 19.3 Å². The highest BCUT2D eigenvalue weighted by atomic mass is 14.9. The fourth-order valence-electron chi connectivity index (χ4n) is 9.39. The van der Waals surface area contributed by atoms with Crippen molar-refractivity contribution in [1.82, 2.24) is 9.97 Å². The van der Waals surface area contributed by atoms with E-state index in [2.05, 4.69) is 202 Å². The predicted molar refractivity (Wildman–Crippen MR) is 239 cm³/mol. The van der Waals surface area contributed by atoms with Gasteiger partial charge in [0, 0.05) is 22.1 Å². The average molecular weight is 727 g/mol. The molecule has 2 heteroatoms. The Bertz CT molecular complexity index is 3190. The Kier molecular flexibility index (Phi) is 7.55. The van der Waals surface area contributed by atoms with Crippen LogP contribution in [0.1, 0.15) is 25.0 Å². The van der Waals surface area contributed by atoms with E-state index >= 15 is 0 Å². The van der Waals surface area contributed by atoms with Crippen molar-refractivity contribution >= 4 is 32.3 Å². The molecule has 268 valence electrons. The molecule has 1 aliphatic carbocycles. The lowest BCUT2D eigenvalue weighted by Crippen LogP contribution is -2.16. The molecule has 0 atom stereocenters. The van der Waals surface area contributed by atoms with Gasteiger partial charge in [-0.2, -0.15) is 0 Å². The lowest BCUT2D eigenvalue weighted by atomic mass is 9.79. The van der Waals surface area contributed by atoms with Crippen LogP contribution in [-0.2, 0) is 5.41 Å². The van der Waals surface area contributed by atoms with Crippen molar-refractivity contribution in [3.05, 3.63) is 205 Å². The van der Waals surface area contributed by atoms with Crippen LogP contribution in [0, 0.1) is 0 Å². The van der Waals surface area contributed by atoms with Gasteiger partial charge in [0.2, 0.25) is 0 Å². The Morgan fingerprint density at radius 1 is 0.351 bits per heavy atom. The summed E-state index contributed by atoms with van der Waals surface area (Å²) in [6.07, 6.45) is 0. The molecule has 0 fully saturated rings. The first-order chi connectivity index (χ1) is 28.0. The summed E-state index contributed by atoms with van der Waals surface area (Å²) in [5.41, 5.74) is 15.1. The number of hydrogen-bond acceptors (Lipinski definition) is 2. The van der Waals surface area contributed by atoms with Crippen LogP contribution in [0.3, 0.4) is 0 Å². The molecule has 1 heterocycles. The van der Waals surface area contributed by atoms with Gasteiger partial charge in [0.05, 0.1) is 11.4 Å². The van der Waals surface area contributed by atoms with Gasteiger partial charge >= 0.3 is 0 Å². The van der Waals surface area contributed by atoms with E-state index in [1.165, 1.54) is 71.3 Å². The highest BCUT2D eigenvalue weighted by Gasteiger charge is 2.37. The highest BCUT2D eigenvalue weighted by Crippen LogP contribution is 2.52. The summed E-state index contributed by atoms with van der Waals surface area (Å²) in [6.45, 7) is 4.70. The summed E-state index contributed by atoms with van der Waals surface area (Å²) in [5, 5.41) is 7.42. The van der Waals surface area contributed by atoms with Gasteiger partial charge in [0.15, 0.2) is 5.82 Å². The standard InChI is InChI=1S/C55H38N2/c1-55(2)49-26-13-12-21-43(49)47-25-14-24-42(53(47)55)36-27-29-37(30-28-36)50-34-51(57-54(56-50)38-16-4-3-5-17-38)44-22-10-11-23-45(44)52-41-20-9-7-18-39(41)33-48-40-19-8-6-15-35(40)31-32-46(48)52/h3-34H,1-2H3. The second-order valence-corrected chi connectivity index (χ2v) is 15.7. The summed E-state index contributed by atoms with van der Waals surface area (Å²) >= 11 is 0. The molecule has 57 heavy (non-hydrogen) atoms. The third-order valence-electron chi connectivity index (χ3n) is 12.1. The Morgan fingerprint density at radius 3 is 1.79 bits per heavy atom. The first kappa shape index (κ1) is 33.2. The normalized spacial score (nSPS) is 12.9. The largest absolute Gasteiger partial charge is 0.228 e. The van der Waals surface area contributed by atoms with Gasteiger partial charge in [0.25, 0.3) is 0 Å². The molecule has 1 aromatic heterocycles. The van der Waals surface area contributed by atoms with Gasteiger partial charge in [-0.15, -0.1) is 0 Å². The van der Waals surface area contributed by atoms with Gasteiger partial charge in [-0.3, -0.25) is 0 Å². The third-order valence-corrected chi connectivity index (χ3v) is 12.1. The van der Waals surface area contributed by atoms with Crippen molar-refractivity contribution in [1.29, 1.82) is 0 Å². The van der Waals surface area contributed by atoms with Crippen LogP contribution in [-0.4, -0.2) is 9.97 Å². The maximum absolute atomic E-state index is 5.32. The summed E-state index contributed by atoms with van der Waals surface area (Å²) in [5.74, 6) is 0.705. The van der Waals surface area contributed by atoms with Gasteiger partial charge < -0.3 is 0 Å². The molecule has 1 aliphatic rings. The molecule has 10 aromatic rings. The molecule has 0 saturated heterocycles. The molecule has 0 amide bonds. The molecule has 0 spiro atoms. The van der Waals surface area contributed by atoms with E-state index in [9.17, 15) is 0 Å². The van der Waals surface area contributed by atoms with Crippen LogP contribution < -0.4 is 0 Å². The summed E-state index contributed by atoms with van der Waals surface area (Å²) in [7, 11) is 0. The van der Waals surface area contributed by atoms with Crippen molar-refractivity contribution in [3.8, 4) is 67.3 Å². The molecule has 11 rings (SSSR count). The molecular weight excluding hydrogens is 689 g/mol. The molecule has 0 radical (unpaired) electrons. The maximum Gasteiger partial charge on any atom is 0.160 e. The Morgan fingerprint density at radius 2 is 0.965 bits per heavy atom.